The van der Waals surface area contributed by atoms with Crippen molar-refractivity contribution in [1.82, 2.24) is 5.32 Å². The molecule has 2 N–H and O–H groups in total. The smallest absolute Gasteiger partial charge is 0.256 e. The summed E-state index contributed by atoms with van der Waals surface area (Å²) in [7, 11) is 0. The van der Waals surface area contributed by atoms with E-state index in [0.717, 1.165) is 21.7 Å². The summed E-state index contributed by atoms with van der Waals surface area (Å²) >= 11 is 1.64. The summed E-state index contributed by atoms with van der Waals surface area (Å²) in [5.74, 6) is 0.00307. The van der Waals surface area contributed by atoms with Crippen LogP contribution in [0.5, 0.6) is 0 Å². The Hall–Kier alpha value is -2.07. The fourth-order valence-corrected chi connectivity index (χ4v) is 3.36. The van der Waals surface area contributed by atoms with Crippen molar-refractivity contribution in [3.63, 3.8) is 0 Å². The first-order valence-electron chi connectivity index (χ1n) is 6.56. The van der Waals surface area contributed by atoms with Crippen LogP contribution in [0.25, 0.3) is 6.08 Å². The van der Waals surface area contributed by atoms with Crippen molar-refractivity contribution in [2.24, 2.45) is 0 Å². The Morgan fingerprint density at radius 2 is 1.90 bits per heavy atom. The fourth-order valence-electron chi connectivity index (χ4n) is 2.26. The molecule has 1 aliphatic rings. The van der Waals surface area contributed by atoms with Crippen LogP contribution < -0.4 is 10.6 Å². The molecule has 1 aromatic carbocycles. The average Bonchev–Trinajstić information content (AvgIpc) is 2.73. The SMILES string of the molecule is Cc1sc2c(c1C)C(=O)NC(C=Cc1ccccc1)N2. The van der Waals surface area contributed by atoms with Crippen molar-refractivity contribution in [3.8, 4) is 0 Å². The second-order valence-corrected chi connectivity index (χ2v) is 6.08. The number of carbonyl (C=O) groups is 1. The molecule has 0 spiro atoms. The molecule has 0 radical (unpaired) electrons. The molecule has 1 unspecified atom stereocenters. The average molecular weight is 284 g/mol. The molecule has 3 nitrogen and oxygen atoms in total. The number of benzene rings is 1. The first kappa shape index (κ1) is 12.9. The molecule has 1 atom stereocenters. The molecule has 0 aliphatic carbocycles. The van der Waals surface area contributed by atoms with Crippen molar-refractivity contribution in [2.45, 2.75) is 20.0 Å². The van der Waals surface area contributed by atoms with Crippen LogP contribution in [0.1, 0.15) is 26.4 Å². The van der Waals surface area contributed by atoms with Gasteiger partial charge in [0.15, 0.2) is 0 Å². The third kappa shape index (κ3) is 2.34. The lowest BCUT2D eigenvalue weighted by Crippen LogP contribution is -2.43. The van der Waals surface area contributed by atoms with Crippen molar-refractivity contribution in [3.05, 3.63) is 58.0 Å². The number of fused-ring (bicyclic) bond motifs is 1. The standard InChI is InChI=1S/C16H16N2OS/c1-10-11(2)20-16-14(10)15(19)17-13(18-16)9-8-12-6-4-3-5-7-12/h3-9,13,18H,1-2H3,(H,17,19). The van der Waals surface area contributed by atoms with Crippen LogP contribution in [-0.4, -0.2) is 12.1 Å². The molecule has 102 valence electrons. The van der Waals surface area contributed by atoms with E-state index in [1.165, 1.54) is 4.88 Å². The number of nitrogens with one attached hydrogen (secondary N) is 2. The number of rotatable bonds is 2. The van der Waals surface area contributed by atoms with E-state index in [1.807, 2.05) is 56.3 Å². The lowest BCUT2D eigenvalue weighted by Gasteiger charge is -2.23. The lowest BCUT2D eigenvalue weighted by molar-refractivity contribution is 0.0943. The molecule has 0 bridgehead atoms. The summed E-state index contributed by atoms with van der Waals surface area (Å²) in [5, 5.41) is 7.29. The monoisotopic (exact) mass is 284 g/mol. The van der Waals surface area contributed by atoms with E-state index < -0.39 is 0 Å². The summed E-state index contributed by atoms with van der Waals surface area (Å²) in [6.07, 6.45) is 3.82. The highest BCUT2D eigenvalue weighted by Crippen LogP contribution is 2.34. The van der Waals surface area contributed by atoms with E-state index in [-0.39, 0.29) is 12.1 Å². The number of hydrogen-bond acceptors (Lipinski definition) is 3. The molecule has 1 amide bonds. The normalized spacial score (nSPS) is 17.7. The van der Waals surface area contributed by atoms with Crippen LogP contribution in [-0.2, 0) is 0 Å². The molecule has 2 heterocycles. The van der Waals surface area contributed by atoms with Gasteiger partial charge in [-0.05, 0) is 31.1 Å². The summed E-state index contributed by atoms with van der Waals surface area (Å²) < 4.78 is 0. The van der Waals surface area contributed by atoms with E-state index in [2.05, 4.69) is 10.6 Å². The van der Waals surface area contributed by atoms with Gasteiger partial charge in [0, 0.05) is 4.88 Å². The minimum atomic E-state index is -0.160. The highest BCUT2D eigenvalue weighted by molar-refractivity contribution is 7.16. The Morgan fingerprint density at radius 1 is 1.15 bits per heavy atom. The van der Waals surface area contributed by atoms with Gasteiger partial charge in [0.25, 0.3) is 5.91 Å². The molecular weight excluding hydrogens is 268 g/mol. The highest BCUT2D eigenvalue weighted by atomic mass is 32.1. The highest BCUT2D eigenvalue weighted by Gasteiger charge is 2.26. The van der Waals surface area contributed by atoms with Gasteiger partial charge in [0.1, 0.15) is 11.2 Å². The van der Waals surface area contributed by atoms with Gasteiger partial charge in [-0.3, -0.25) is 4.79 Å². The van der Waals surface area contributed by atoms with Gasteiger partial charge >= 0.3 is 0 Å². The molecule has 3 rings (SSSR count). The predicted octanol–water partition coefficient (Wildman–Crippen LogP) is 3.56. The quantitative estimate of drug-likeness (QED) is 0.885. The maximum absolute atomic E-state index is 12.2. The van der Waals surface area contributed by atoms with Crippen LogP contribution >= 0.6 is 11.3 Å². The topological polar surface area (TPSA) is 41.1 Å². The molecule has 4 heteroatoms. The number of aryl methyl sites for hydroxylation is 1. The number of hydrogen-bond donors (Lipinski definition) is 2. The zero-order valence-electron chi connectivity index (χ0n) is 11.4. The second-order valence-electron chi connectivity index (χ2n) is 4.85. The molecule has 20 heavy (non-hydrogen) atoms. The van der Waals surface area contributed by atoms with Crippen LogP contribution in [0.4, 0.5) is 5.00 Å². The first-order valence-corrected chi connectivity index (χ1v) is 7.37. The van der Waals surface area contributed by atoms with Crippen LogP contribution in [0.15, 0.2) is 36.4 Å². The van der Waals surface area contributed by atoms with Gasteiger partial charge in [0.05, 0.1) is 5.56 Å². The third-order valence-corrected chi connectivity index (χ3v) is 4.60. The van der Waals surface area contributed by atoms with Crippen molar-refractivity contribution in [2.75, 3.05) is 5.32 Å². The molecule has 0 saturated carbocycles. The van der Waals surface area contributed by atoms with E-state index in [4.69, 9.17) is 0 Å². The van der Waals surface area contributed by atoms with Crippen LogP contribution in [0.2, 0.25) is 0 Å². The second kappa shape index (κ2) is 5.13. The van der Waals surface area contributed by atoms with Crippen LogP contribution in [0, 0.1) is 13.8 Å². The number of thiophene rings is 1. The van der Waals surface area contributed by atoms with E-state index in [9.17, 15) is 4.79 Å². The minimum absolute atomic E-state index is 0.00307. The van der Waals surface area contributed by atoms with Gasteiger partial charge in [-0.2, -0.15) is 0 Å². The van der Waals surface area contributed by atoms with Crippen molar-refractivity contribution in [1.29, 1.82) is 0 Å². The molecular formula is C16H16N2OS. The molecule has 2 aromatic rings. The minimum Gasteiger partial charge on any atom is -0.353 e. The number of amides is 1. The summed E-state index contributed by atoms with van der Waals surface area (Å²) in [4.78, 5) is 13.3. The van der Waals surface area contributed by atoms with E-state index in [1.54, 1.807) is 11.3 Å². The van der Waals surface area contributed by atoms with Gasteiger partial charge < -0.3 is 10.6 Å². The largest absolute Gasteiger partial charge is 0.353 e. The molecule has 0 saturated heterocycles. The van der Waals surface area contributed by atoms with Crippen molar-refractivity contribution >= 4 is 28.3 Å². The van der Waals surface area contributed by atoms with Gasteiger partial charge in [0.2, 0.25) is 0 Å². The first-order chi connectivity index (χ1) is 9.65. The predicted molar refractivity (Wildman–Crippen MR) is 84.1 cm³/mol. The lowest BCUT2D eigenvalue weighted by atomic mass is 10.1. The Morgan fingerprint density at radius 3 is 2.65 bits per heavy atom. The Balaban J connectivity index is 1.82. The van der Waals surface area contributed by atoms with E-state index in [0.29, 0.717) is 0 Å². The van der Waals surface area contributed by atoms with Gasteiger partial charge in [-0.1, -0.05) is 36.4 Å². The van der Waals surface area contributed by atoms with Gasteiger partial charge in [-0.25, -0.2) is 0 Å². The van der Waals surface area contributed by atoms with Gasteiger partial charge in [-0.15, -0.1) is 11.3 Å². The fraction of sp³-hybridized carbons (Fsp3) is 0.188. The Bertz CT molecular complexity index is 673. The number of carbonyl (C=O) groups excluding carboxylic acids is 1. The van der Waals surface area contributed by atoms with Crippen LogP contribution in [0.3, 0.4) is 0 Å². The molecule has 1 aromatic heterocycles. The zero-order chi connectivity index (χ0) is 14.1. The molecule has 0 fully saturated rings. The third-order valence-electron chi connectivity index (χ3n) is 3.47. The molecule has 1 aliphatic heterocycles. The summed E-state index contributed by atoms with van der Waals surface area (Å²) in [6, 6.07) is 10.0. The summed E-state index contributed by atoms with van der Waals surface area (Å²) in [6.45, 7) is 4.04. The number of anilines is 1. The Labute approximate surface area is 122 Å². The Kier molecular flexibility index (Phi) is 3.32. The van der Waals surface area contributed by atoms with Crippen molar-refractivity contribution < 1.29 is 4.79 Å². The van der Waals surface area contributed by atoms with E-state index >= 15 is 0 Å². The summed E-state index contributed by atoms with van der Waals surface area (Å²) in [5.41, 5.74) is 2.98. The maximum atomic E-state index is 12.2. The zero-order valence-corrected chi connectivity index (χ0v) is 12.3. The maximum Gasteiger partial charge on any atom is 0.256 e.